The van der Waals surface area contributed by atoms with Crippen molar-refractivity contribution in [1.29, 1.82) is 0 Å². The third-order valence-corrected chi connectivity index (χ3v) is 3.57. The van der Waals surface area contributed by atoms with Crippen LogP contribution in [0.5, 0.6) is 0 Å². The number of anilines is 1. The third-order valence-electron chi connectivity index (χ3n) is 2.33. The Morgan fingerprint density at radius 1 is 1.47 bits per heavy atom. The normalized spacial score (nSPS) is 10.2. The molecule has 2 aromatic rings. The molecule has 0 fully saturated rings. The summed E-state index contributed by atoms with van der Waals surface area (Å²) >= 11 is 4.58. The quantitative estimate of drug-likeness (QED) is 0.893. The van der Waals surface area contributed by atoms with E-state index in [4.69, 9.17) is 0 Å². The Kier molecular flexibility index (Phi) is 4.86. The van der Waals surface area contributed by atoms with E-state index < -0.39 is 0 Å². The molecule has 19 heavy (non-hydrogen) atoms. The van der Waals surface area contributed by atoms with Crippen molar-refractivity contribution in [3.63, 3.8) is 0 Å². The first-order valence-electron chi connectivity index (χ1n) is 5.52. The number of hydrogen-bond acceptors (Lipinski definition) is 3. The molecule has 100 valence electrons. The summed E-state index contributed by atoms with van der Waals surface area (Å²) in [4.78, 5) is 15.7. The Bertz CT molecular complexity index is 562. The Balaban J connectivity index is 1.79. The van der Waals surface area contributed by atoms with Crippen LogP contribution in [0.15, 0.2) is 33.6 Å². The summed E-state index contributed by atoms with van der Waals surface area (Å²) in [7, 11) is 0. The van der Waals surface area contributed by atoms with Gasteiger partial charge in [0.2, 0.25) is 0 Å². The summed E-state index contributed by atoms with van der Waals surface area (Å²) < 4.78 is 13.3. The zero-order valence-corrected chi connectivity index (χ0v) is 12.2. The van der Waals surface area contributed by atoms with Crippen LogP contribution in [0.2, 0.25) is 0 Å². The van der Waals surface area contributed by atoms with Gasteiger partial charge in [-0.05, 0) is 34.1 Å². The number of nitrogens with zero attached hydrogens (tertiary/aromatic N) is 1. The van der Waals surface area contributed by atoms with E-state index >= 15 is 0 Å². The van der Waals surface area contributed by atoms with Crippen LogP contribution in [-0.2, 0) is 6.42 Å². The summed E-state index contributed by atoms with van der Waals surface area (Å²) in [6.07, 6.45) is 0.685. The predicted octanol–water partition coefficient (Wildman–Crippen LogP) is 3.41. The lowest BCUT2D eigenvalue weighted by atomic mass is 10.3. The SMILES string of the molecule is O=C(NCCc1cscn1)Nc1ccc(F)c(Br)c1. The maximum absolute atomic E-state index is 13.0. The summed E-state index contributed by atoms with van der Waals surface area (Å²) in [5.74, 6) is -0.366. The fourth-order valence-electron chi connectivity index (χ4n) is 1.41. The molecule has 0 radical (unpaired) electrons. The van der Waals surface area contributed by atoms with E-state index in [1.54, 1.807) is 5.51 Å². The molecular formula is C12H11BrFN3OS. The molecule has 0 aliphatic heterocycles. The molecule has 2 N–H and O–H groups in total. The van der Waals surface area contributed by atoms with Crippen molar-refractivity contribution >= 4 is 39.0 Å². The molecule has 1 heterocycles. The maximum atomic E-state index is 13.0. The van der Waals surface area contributed by atoms with E-state index in [0.717, 1.165) is 5.69 Å². The number of urea groups is 1. The lowest BCUT2D eigenvalue weighted by Crippen LogP contribution is -2.30. The van der Waals surface area contributed by atoms with Crippen LogP contribution < -0.4 is 10.6 Å². The fourth-order valence-corrected chi connectivity index (χ4v) is 2.39. The van der Waals surface area contributed by atoms with Crippen molar-refractivity contribution in [3.05, 3.63) is 45.1 Å². The number of amides is 2. The Morgan fingerprint density at radius 2 is 2.32 bits per heavy atom. The number of hydrogen-bond donors (Lipinski definition) is 2. The van der Waals surface area contributed by atoms with E-state index in [2.05, 4.69) is 31.5 Å². The topological polar surface area (TPSA) is 54.0 Å². The molecule has 1 aromatic heterocycles. The van der Waals surface area contributed by atoms with Crippen LogP contribution in [-0.4, -0.2) is 17.6 Å². The number of halogens is 2. The minimum Gasteiger partial charge on any atom is -0.337 e. The van der Waals surface area contributed by atoms with Crippen LogP contribution in [0.4, 0.5) is 14.9 Å². The molecule has 0 bridgehead atoms. The van der Waals surface area contributed by atoms with E-state index in [9.17, 15) is 9.18 Å². The van der Waals surface area contributed by atoms with Crippen LogP contribution in [0.25, 0.3) is 0 Å². The van der Waals surface area contributed by atoms with Crippen molar-refractivity contribution in [2.45, 2.75) is 6.42 Å². The van der Waals surface area contributed by atoms with Crippen LogP contribution in [0, 0.1) is 5.82 Å². The highest BCUT2D eigenvalue weighted by Crippen LogP contribution is 2.19. The zero-order chi connectivity index (χ0) is 13.7. The number of nitrogens with one attached hydrogen (secondary N) is 2. The van der Waals surface area contributed by atoms with Crippen LogP contribution >= 0.6 is 27.3 Å². The minimum atomic E-state index is -0.366. The summed E-state index contributed by atoms with van der Waals surface area (Å²) in [6, 6.07) is 3.97. The molecule has 4 nitrogen and oxygen atoms in total. The van der Waals surface area contributed by atoms with E-state index in [1.807, 2.05) is 5.38 Å². The molecule has 0 atom stereocenters. The number of carbonyl (C=O) groups is 1. The second-order valence-electron chi connectivity index (χ2n) is 3.74. The Morgan fingerprint density at radius 3 is 3.00 bits per heavy atom. The highest BCUT2D eigenvalue weighted by Gasteiger charge is 2.04. The number of benzene rings is 1. The largest absolute Gasteiger partial charge is 0.337 e. The average molecular weight is 344 g/mol. The van der Waals surface area contributed by atoms with Crippen molar-refractivity contribution in [2.75, 3.05) is 11.9 Å². The molecule has 0 aliphatic rings. The summed E-state index contributed by atoms with van der Waals surface area (Å²) in [5, 5.41) is 7.28. The molecule has 0 aliphatic carbocycles. The van der Waals surface area contributed by atoms with Gasteiger partial charge in [-0.15, -0.1) is 11.3 Å². The van der Waals surface area contributed by atoms with Gasteiger partial charge in [-0.3, -0.25) is 0 Å². The minimum absolute atomic E-state index is 0.313. The van der Waals surface area contributed by atoms with E-state index in [-0.39, 0.29) is 11.8 Å². The van der Waals surface area contributed by atoms with Crippen LogP contribution in [0.1, 0.15) is 5.69 Å². The Hall–Kier alpha value is -1.47. The van der Waals surface area contributed by atoms with Gasteiger partial charge in [-0.2, -0.15) is 0 Å². The van der Waals surface area contributed by atoms with Gasteiger partial charge in [0.15, 0.2) is 0 Å². The van der Waals surface area contributed by atoms with Gasteiger partial charge in [0.05, 0.1) is 15.7 Å². The van der Waals surface area contributed by atoms with Gasteiger partial charge >= 0.3 is 6.03 Å². The molecule has 0 saturated carbocycles. The molecule has 0 spiro atoms. The lowest BCUT2D eigenvalue weighted by Gasteiger charge is -2.07. The number of aromatic nitrogens is 1. The van der Waals surface area contributed by atoms with Gasteiger partial charge in [0.1, 0.15) is 5.82 Å². The standard InChI is InChI=1S/C12H11BrFN3OS/c13-10-5-8(1-2-11(10)14)17-12(18)15-4-3-9-6-19-7-16-9/h1-2,5-7H,3-4H2,(H2,15,17,18). The predicted molar refractivity (Wildman–Crippen MR) is 76.9 cm³/mol. The number of thiazole rings is 1. The summed E-state index contributed by atoms with van der Waals surface area (Å²) in [6.45, 7) is 0.498. The first kappa shape index (κ1) is 14.0. The first-order chi connectivity index (χ1) is 9.15. The average Bonchev–Trinajstić information content (AvgIpc) is 2.87. The van der Waals surface area contributed by atoms with Crippen molar-refractivity contribution in [2.24, 2.45) is 0 Å². The Labute approximate surface area is 122 Å². The molecular weight excluding hydrogens is 333 g/mol. The van der Waals surface area contributed by atoms with E-state index in [0.29, 0.717) is 23.1 Å². The number of rotatable bonds is 4. The lowest BCUT2D eigenvalue weighted by molar-refractivity contribution is 0.252. The highest BCUT2D eigenvalue weighted by atomic mass is 79.9. The van der Waals surface area contributed by atoms with Crippen LogP contribution in [0.3, 0.4) is 0 Å². The van der Waals surface area contributed by atoms with Crippen molar-refractivity contribution < 1.29 is 9.18 Å². The molecule has 7 heteroatoms. The molecule has 0 unspecified atom stereocenters. The molecule has 2 amide bonds. The van der Waals surface area contributed by atoms with Gasteiger partial charge in [0.25, 0.3) is 0 Å². The zero-order valence-electron chi connectivity index (χ0n) is 9.82. The molecule has 0 saturated heterocycles. The second-order valence-corrected chi connectivity index (χ2v) is 5.31. The highest BCUT2D eigenvalue weighted by molar-refractivity contribution is 9.10. The van der Waals surface area contributed by atoms with Gasteiger partial charge in [-0.25, -0.2) is 14.2 Å². The monoisotopic (exact) mass is 343 g/mol. The number of carbonyl (C=O) groups excluding carboxylic acids is 1. The first-order valence-corrected chi connectivity index (χ1v) is 7.25. The van der Waals surface area contributed by atoms with Gasteiger partial charge in [0, 0.05) is 24.0 Å². The van der Waals surface area contributed by atoms with Gasteiger partial charge < -0.3 is 10.6 Å². The molecule has 2 rings (SSSR count). The smallest absolute Gasteiger partial charge is 0.319 e. The van der Waals surface area contributed by atoms with E-state index in [1.165, 1.54) is 29.5 Å². The second kappa shape index (κ2) is 6.63. The molecule has 1 aromatic carbocycles. The van der Waals surface area contributed by atoms with Gasteiger partial charge in [-0.1, -0.05) is 0 Å². The third kappa shape index (κ3) is 4.29. The maximum Gasteiger partial charge on any atom is 0.319 e. The van der Waals surface area contributed by atoms with Crippen molar-refractivity contribution in [3.8, 4) is 0 Å². The fraction of sp³-hybridized carbons (Fsp3) is 0.167. The summed E-state index contributed by atoms with van der Waals surface area (Å²) in [5.41, 5.74) is 3.24. The van der Waals surface area contributed by atoms with Crippen molar-refractivity contribution in [1.82, 2.24) is 10.3 Å².